The maximum atomic E-state index is 12.6. The van der Waals surface area contributed by atoms with Crippen molar-refractivity contribution < 1.29 is 181 Å². The number of aliphatic hydroxyl groups excluding tert-OH is 4. The van der Waals surface area contributed by atoms with E-state index in [0.29, 0.717) is 0 Å². The highest BCUT2D eigenvalue weighted by molar-refractivity contribution is 8.14. The predicted octanol–water partition coefficient (Wildman–Crippen LogP) is -3.23. The molecular formula is C50H80N14O38P6S2. The zero-order valence-corrected chi connectivity index (χ0v) is 65.0. The number of amides is 4. The minimum atomic E-state index is -5.59. The quantitative estimate of drug-likeness (QED) is 0.0118. The molecule has 16 atom stereocenters. The van der Waals surface area contributed by atoms with Crippen molar-refractivity contribution in [3.63, 3.8) is 0 Å². The Morgan fingerprint density at radius 3 is 1.17 bits per heavy atom. The molecule has 110 heavy (non-hydrogen) atoms. The number of fused-ring (bicyclic) bond motifs is 2. The number of anilines is 2. The molecule has 0 aromatic carbocycles. The van der Waals surface area contributed by atoms with Crippen LogP contribution in [-0.4, -0.2) is 268 Å². The summed E-state index contributed by atoms with van der Waals surface area (Å²) in [6.45, 7) is 2.70. The fourth-order valence-electron chi connectivity index (χ4n) is 9.02. The minimum Gasteiger partial charge on any atom is -0.481 e. The Morgan fingerprint density at radius 1 is 0.527 bits per heavy atom. The van der Waals surface area contributed by atoms with Crippen molar-refractivity contribution in [2.45, 2.75) is 116 Å². The predicted molar refractivity (Wildman–Crippen MR) is 368 cm³/mol. The van der Waals surface area contributed by atoms with Gasteiger partial charge in [-0.25, -0.2) is 57.3 Å². The molecule has 2 fully saturated rings. The van der Waals surface area contributed by atoms with E-state index in [1.165, 1.54) is 41.5 Å². The highest BCUT2D eigenvalue weighted by Crippen LogP contribution is 2.63. The molecule has 2 saturated heterocycles. The van der Waals surface area contributed by atoms with Crippen molar-refractivity contribution in [2.24, 2.45) is 22.7 Å². The van der Waals surface area contributed by atoms with Crippen LogP contribution in [-0.2, 0) is 111 Å². The van der Waals surface area contributed by atoms with Gasteiger partial charge in [0, 0.05) is 61.4 Å². The smallest absolute Gasteiger partial charge is 0.481 e. The first-order valence-corrected chi connectivity index (χ1v) is 42.3. The maximum absolute atomic E-state index is 12.6. The molecule has 0 bridgehead atoms. The van der Waals surface area contributed by atoms with Crippen molar-refractivity contribution in [1.82, 2.24) is 60.3 Å². The van der Waals surface area contributed by atoms with Gasteiger partial charge in [0.05, 0.1) is 39.1 Å². The molecule has 6 rings (SSSR count). The molecule has 4 aromatic heterocycles. The number of aliphatic hydroxyl groups is 4. The number of hydrogen-bond acceptors (Lipinski definition) is 38. The van der Waals surface area contributed by atoms with Crippen LogP contribution in [0.15, 0.2) is 25.3 Å². The fraction of sp³-hybridized carbons (Fsp3) is 0.640. The number of nitrogen functional groups attached to an aromatic ring is 2. The van der Waals surface area contributed by atoms with Crippen molar-refractivity contribution >= 4 is 150 Å². The van der Waals surface area contributed by atoms with Crippen LogP contribution in [0.2, 0.25) is 0 Å². The first-order valence-electron chi connectivity index (χ1n) is 31.2. The normalized spacial score (nSPS) is 22.3. The van der Waals surface area contributed by atoms with Crippen molar-refractivity contribution in [3.8, 4) is 0 Å². The van der Waals surface area contributed by atoms with Crippen molar-refractivity contribution in [1.29, 1.82) is 0 Å². The van der Waals surface area contributed by atoms with Crippen LogP contribution in [0.5, 0.6) is 0 Å². The second-order valence-corrected chi connectivity index (χ2v) is 35.3. The number of nitrogens with zero attached hydrogens (tertiary/aromatic N) is 8. The van der Waals surface area contributed by atoms with E-state index < -0.39 is 203 Å². The lowest BCUT2D eigenvalue weighted by Gasteiger charge is -2.30. The van der Waals surface area contributed by atoms with Gasteiger partial charge in [0.25, 0.3) is 0 Å². The molecule has 22 N–H and O–H groups in total. The maximum Gasteiger partial charge on any atom is 0.481 e. The molecule has 4 amide bonds. The van der Waals surface area contributed by atoms with Crippen LogP contribution in [0, 0.1) is 22.7 Å². The van der Waals surface area contributed by atoms with Crippen molar-refractivity contribution in [3.05, 3.63) is 25.3 Å². The van der Waals surface area contributed by atoms with Gasteiger partial charge >= 0.3 is 58.9 Å². The molecule has 60 heteroatoms. The number of nitrogens with one attached hydrogen (secondary N) is 4. The molecule has 2 aliphatic rings. The number of ether oxygens (including phenoxy) is 2. The number of imidazole rings is 2. The van der Waals surface area contributed by atoms with Gasteiger partial charge in [-0.05, 0) is 13.8 Å². The molecule has 0 radical (unpaired) electrons. The Balaban J connectivity index is 0.000000394. The second kappa shape index (κ2) is 39.9. The van der Waals surface area contributed by atoms with Gasteiger partial charge in [0.15, 0.2) is 35.4 Å². The van der Waals surface area contributed by atoms with E-state index in [1.807, 2.05) is 0 Å². The van der Waals surface area contributed by atoms with E-state index in [4.69, 9.17) is 49.2 Å². The summed E-state index contributed by atoms with van der Waals surface area (Å²) in [5.74, 6) is -8.03. The van der Waals surface area contributed by atoms with Gasteiger partial charge in [0.1, 0.15) is 84.4 Å². The molecule has 52 nitrogen and oxygen atoms in total. The Kier molecular flexibility index (Phi) is 34.3. The van der Waals surface area contributed by atoms with E-state index in [1.54, 1.807) is 0 Å². The van der Waals surface area contributed by atoms with Crippen molar-refractivity contribution in [2.75, 3.05) is 75.6 Å². The van der Waals surface area contributed by atoms with Gasteiger partial charge < -0.3 is 112 Å². The fourth-order valence-corrected chi connectivity index (χ4v) is 16.2. The molecule has 4 unspecified atom stereocenters. The highest BCUT2D eigenvalue weighted by Gasteiger charge is 2.53. The number of carbonyl (C=O) groups excluding carboxylic acids is 6. The third-order valence-corrected chi connectivity index (χ3v) is 23.2. The summed E-state index contributed by atoms with van der Waals surface area (Å²) in [5.41, 5.74) is 8.38. The summed E-state index contributed by atoms with van der Waals surface area (Å²) in [6.07, 6.45) is -14.3. The standard InChI is InChI=1S/2C25H40N7O19P3S/c2*1-12(23(37)38)24(39)55-7-6-27-14(33)4-5-28-21(36)18(35)25(2,3)9-48-54(45,46)51-53(43,44)47-8-13-17(50-52(40,41)42)16(34)22(49-13)32-11-31-15-19(26)29-10-30-20(15)32/h2*10-13,16-18,22,34-35H,4-9H2,1-3H3,(H,27,33)(H,28,36)(H,37,38)(H,43,44)(H,45,46)(H2,26,29,30)(H2,40,41,42)/t2*12-,13-,16-,17-,18+,22-/m11/s1. The summed E-state index contributed by atoms with van der Waals surface area (Å²) in [5, 5.41) is 68.7. The van der Waals surface area contributed by atoms with Gasteiger partial charge in [-0.3, -0.25) is 74.6 Å². The van der Waals surface area contributed by atoms with E-state index in [0.717, 1.165) is 58.0 Å². The molecule has 620 valence electrons. The molecule has 6 heterocycles. The number of carbonyl (C=O) groups is 8. The zero-order chi connectivity index (χ0) is 83.0. The number of phosphoric acid groups is 6. The van der Waals surface area contributed by atoms with E-state index in [-0.39, 0.29) is 84.5 Å². The first kappa shape index (κ1) is 94.7. The summed E-state index contributed by atoms with van der Waals surface area (Å²) in [7, 11) is -32.9. The first-order chi connectivity index (χ1) is 50.7. The second-order valence-electron chi connectivity index (χ2n) is 24.6. The Hall–Kier alpha value is -5.94. The van der Waals surface area contributed by atoms with Gasteiger partial charge in [-0.15, -0.1) is 0 Å². The number of aliphatic carboxylic acids is 2. The number of aromatic nitrogens is 8. The average Bonchev–Trinajstić information content (AvgIpc) is 1.63. The number of rotatable bonds is 42. The molecule has 0 saturated carbocycles. The topological polar surface area (TPSA) is 802 Å². The molecule has 2 aliphatic heterocycles. The number of thioether (sulfide) groups is 2. The largest absolute Gasteiger partial charge is 0.481 e. The molecule has 0 aliphatic carbocycles. The van der Waals surface area contributed by atoms with Crippen LogP contribution >= 0.6 is 70.5 Å². The van der Waals surface area contributed by atoms with E-state index in [9.17, 15) is 125 Å². The molecular weight excluding hydrogens is 1650 g/mol. The Morgan fingerprint density at radius 2 is 0.855 bits per heavy atom. The third-order valence-electron chi connectivity index (χ3n) is 14.9. The number of phosphoric ester groups is 6. The van der Waals surface area contributed by atoms with Gasteiger partial charge in [-0.1, -0.05) is 51.2 Å². The SMILES string of the molecule is C[C@H](C(=O)O)C(=O)SCCNC(=O)CCNC(=O)[C@H](O)C(C)(C)COP(=O)(O)OP(=O)(O)OC[C@H]1O[C@@H](n2cnc3c(N)ncnc32)[C@H](O)[C@@H]1OP(=O)(O)O.C[C@H](C(=O)O)C(=O)SCCNC(=O)CCNC(=O)[C@H](O)C(C)(C)COP(=O)(O)OP(=O)(O)OC[C@H]1O[C@@H](n2cnc3c(N)ncnc32)[C@H](O)[C@@H]1OP(=O)(O)O. The van der Waals surface area contributed by atoms with Crippen LogP contribution < -0.4 is 32.7 Å². The monoisotopic (exact) mass is 1730 g/mol. The number of carboxylic acid groups (broad SMARTS) is 2. The van der Waals surface area contributed by atoms with Crippen LogP contribution in [0.25, 0.3) is 22.3 Å². The summed E-state index contributed by atoms with van der Waals surface area (Å²) in [4.78, 5) is 196. The minimum absolute atomic E-state index is 0.0183. The average molecular weight is 1740 g/mol. The molecule has 4 aromatic rings. The molecule has 0 spiro atoms. The zero-order valence-electron chi connectivity index (χ0n) is 58.0. The van der Waals surface area contributed by atoms with Crippen LogP contribution in [0.4, 0.5) is 11.6 Å². The number of nitrogens with two attached hydrogens (primary N) is 2. The lowest BCUT2D eigenvalue weighted by Crippen LogP contribution is -2.46. The summed E-state index contributed by atoms with van der Waals surface area (Å²) >= 11 is 1.45. The van der Waals surface area contributed by atoms with Gasteiger partial charge in [0.2, 0.25) is 33.9 Å². The van der Waals surface area contributed by atoms with Gasteiger partial charge in [-0.2, -0.15) is 8.62 Å². The Labute approximate surface area is 628 Å². The summed E-state index contributed by atoms with van der Waals surface area (Å²) in [6, 6.07) is 0. The van der Waals surface area contributed by atoms with Crippen LogP contribution in [0.3, 0.4) is 0 Å². The van der Waals surface area contributed by atoms with E-state index >= 15 is 0 Å². The lowest BCUT2D eigenvalue weighted by atomic mass is 9.87. The summed E-state index contributed by atoms with van der Waals surface area (Å²) < 4.78 is 124. The van der Waals surface area contributed by atoms with Crippen LogP contribution in [0.1, 0.15) is 66.8 Å². The number of carboxylic acids is 2. The lowest BCUT2D eigenvalue weighted by molar-refractivity contribution is -0.144. The highest BCUT2D eigenvalue weighted by atomic mass is 32.2. The number of hydrogen-bond donors (Lipinski definition) is 20. The van der Waals surface area contributed by atoms with E-state index in [2.05, 4.69) is 68.8 Å². The third kappa shape index (κ3) is 28.9. The Bertz CT molecular complexity index is 3990.